The van der Waals surface area contributed by atoms with Gasteiger partial charge in [-0.1, -0.05) is 35.3 Å². The van der Waals surface area contributed by atoms with Gasteiger partial charge in [-0.3, -0.25) is 14.9 Å². The lowest BCUT2D eigenvalue weighted by molar-refractivity contribution is -0.385. The van der Waals surface area contributed by atoms with E-state index in [2.05, 4.69) is 0 Å². The van der Waals surface area contributed by atoms with Gasteiger partial charge in [0.25, 0.3) is 5.69 Å². The van der Waals surface area contributed by atoms with Crippen LogP contribution in [0, 0.1) is 10.1 Å². The van der Waals surface area contributed by atoms with Crippen molar-refractivity contribution in [2.24, 2.45) is 0 Å². The molecule has 2 aromatic carbocycles. The standard InChI is InChI=1S/C15H9Cl2NO5/c16-9-5-6-10(12(17)7-9)14(19)8-23-15(20)11-3-1-2-4-13(11)18(21)22/h1-7H,8H2. The summed E-state index contributed by atoms with van der Waals surface area (Å²) >= 11 is 11.6. The Labute approximate surface area is 140 Å². The van der Waals surface area contributed by atoms with E-state index in [-0.39, 0.29) is 16.1 Å². The van der Waals surface area contributed by atoms with E-state index >= 15 is 0 Å². The van der Waals surface area contributed by atoms with Gasteiger partial charge in [0.05, 0.1) is 9.95 Å². The molecule has 0 radical (unpaired) electrons. The summed E-state index contributed by atoms with van der Waals surface area (Å²) in [5, 5.41) is 11.4. The van der Waals surface area contributed by atoms with E-state index in [0.29, 0.717) is 5.02 Å². The predicted octanol–water partition coefficient (Wildman–Crippen LogP) is 3.94. The molecule has 0 unspecified atom stereocenters. The van der Waals surface area contributed by atoms with Gasteiger partial charge in [0.15, 0.2) is 6.61 Å². The third-order valence-electron chi connectivity index (χ3n) is 2.89. The van der Waals surface area contributed by atoms with Gasteiger partial charge in [0.2, 0.25) is 5.78 Å². The van der Waals surface area contributed by atoms with Crippen LogP contribution in [0.3, 0.4) is 0 Å². The number of hydrogen-bond acceptors (Lipinski definition) is 5. The van der Waals surface area contributed by atoms with Gasteiger partial charge in [0.1, 0.15) is 5.56 Å². The molecule has 23 heavy (non-hydrogen) atoms. The van der Waals surface area contributed by atoms with Crippen LogP contribution >= 0.6 is 23.2 Å². The quantitative estimate of drug-likeness (QED) is 0.351. The van der Waals surface area contributed by atoms with E-state index in [1.54, 1.807) is 0 Å². The number of nitro benzene ring substituents is 1. The molecular weight excluding hydrogens is 345 g/mol. The monoisotopic (exact) mass is 353 g/mol. The zero-order valence-electron chi connectivity index (χ0n) is 11.5. The van der Waals surface area contributed by atoms with Gasteiger partial charge in [-0.25, -0.2) is 4.79 Å². The van der Waals surface area contributed by atoms with Crippen LogP contribution in [0.5, 0.6) is 0 Å². The molecule has 0 fully saturated rings. The maximum atomic E-state index is 12.0. The van der Waals surface area contributed by atoms with Crippen LogP contribution < -0.4 is 0 Å². The number of ketones is 1. The lowest BCUT2D eigenvalue weighted by Crippen LogP contribution is -2.15. The summed E-state index contributed by atoms with van der Waals surface area (Å²) < 4.78 is 4.84. The van der Waals surface area contributed by atoms with E-state index in [4.69, 9.17) is 27.9 Å². The van der Waals surface area contributed by atoms with Crippen LogP contribution in [0.15, 0.2) is 42.5 Å². The van der Waals surface area contributed by atoms with Gasteiger partial charge in [-0.05, 0) is 24.3 Å². The Hall–Kier alpha value is -2.44. The van der Waals surface area contributed by atoms with Crippen LogP contribution in [0.1, 0.15) is 20.7 Å². The molecule has 0 aliphatic carbocycles. The maximum absolute atomic E-state index is 12.0. The van der Waals surface area contributed by atoms with Crippen molar-refractivity contribution in [3.05, 3.63) is 73.8 Å². The molecule has 0 amide bonds. The zero-order valence-corrected chi connectivity index (χ0v) is 13.0. The van der Waals surface area contributed by atoms with Crippen molar-refractivity contribution in [2.75, 3.05) is 6.61 Å². The first-order valence-corrected chi connectivity index (χ1v) is 7.04. The molecule has 8 heteroatoms. The number of carbonyl (C=O) groups is 2. The molecule has 0 N–H and O–H groups in total. The Morgan fingerprint density at radius 2 is 1.78 bits per heavy atom. The number of para-hydroxylation sites is 1. The summed E-state index contributed by atoms with van der Waals surface area (Å²) in [5.41, 5.74) is -0.478. The van der Waals surface area contributed by atoms with Gasteiger partial charge >= 0.3 is 5.97 Å². The highest BCUT2D eigenvalue weighted by Gasteiger charge is 2.22. The van der Waals surface area contributed by atoms with E-state index in [0.717, 1.165) is 0 Å². The summed E-state index contributed by atoms with van der Waals surface area (Å²) in [6.45, 7) is -0.591. The fraction of sp³-hybridized carbons (Fsp3) is 0.0667. The number of esters is 1. The number of carbonyl (C=O) groups excluding carboxylic acids is 2. The lowest BCUT2D eigenvalue weighted by atomic mass is 10.1. The third kappa shape index (κ3) is 4.06. The minimum Gasteiger partial charge on any atom is -0.454 e. The number of rotatable bonds is 5. The average Bonchev–Trinajstić information content (AvgIpc) is 2.52. The summed E-state index contributed by atoms with van der Waals surface area (Å²) in [5.74, 6) is -1.51. The highest BCUT2D eigenvalue weighted by molar-refractivity contribution is 6.36. The lowest BCUT2D eigenvalue weighted by Gasteiger charge is -2.06. The number of hydrogen-bond donors (Lipinski definition) is 0. The predicted molar refractivity (Wildman–Crippen MR) is 84.2 cm³/mol. The molecule has 0 heterocycles. The van der Waals surface area contributed by atoms with Gasteiger partial charge in [-0.2, -0.15) is 0 Å². The number of ether oxygens (including phenoxy) is 1. The van der Waals surface area contributed by atoms with Crippen molar-refractivity contribution in [1.82, 2.24) is 0 Å². The highest BCUT2D eigenvalue weighted by Crippen LogP contribution is 2.22. The van der Waals surface area contributed by atoms with Crippen LogP contribution in [0.4, 0.5) is 5.69 Å². The minimum atomic E-state index is -0.962. The smallest absolute Gasteiger partial charge is 0.345 e. The Morgan fingerprint density at radius 3 is 2.43 bits per heavy atom. The summed E-state index contributed by atoms with van der Waals surface area (Å²) in [6, 6.07) is 9.58. The van der Waals surface area contributed by atoms with E-state index < -0.39 is 29.0 Å². The zero-order chi connectivity index (χ0) is 17.0. The molecule has 2 aromatic rings. The summed E-state index contributed by atoms with van der Waals surface area (Å²) in [6.07, 6.45) is 0. The van der Waals surface area contributed by atoms with Crippen molar-refractivity contribution in [2.45, 2.75) is 0 Å². The minimum absolute atomic E-state index is 0.129. The molecule has 2 rings (SSSR count). The molecular formula is C15H9Cl2NO5. The topological polar surface area (TPSA) is 86.5 Å². The van der Waals surface area contributed by atoms with Crippen LogP contribution in [0.2, 0.25) is 10.0 Å². The molecule has 0 aliphatic heterocycles. The fourth-order valence-corrected chi connectivity index (χ4v) is 2.32. The molecule has 0 aliphatic rings. The van der Waals surface area contributed by atoms with E-state index in [1.807, 2.05) is 0 Å². The number of halogens is 2. The normalized spacial score (nSPS) is 10.2. The largest absolute Gasteiger partial charge is 0.454 e. The van der Waals surface area contributed by atoms with Gasteiger partial charge < -0.3 is 4.74 Å². The van der Waals surface area contributed by atoms with Gasteiger partial charge in [0, 0.05) is 16.7 Å². The number of nitro groups is 1. The first kappa shape index (κ1) is 16.9. The SMILES string of the molecule is O=C(COC(=O)c1ccccc1[N+](=O)[O-])c1ccc(Cl)cc1Cl. The second kappa shape index (κ2) is 7.21. The Morgan fingerprint density at radius 1 is 1.09 bits per heavy atom. The summed E-state index contributed by atoms with van der Waals surface area (Å²) in [7, 11) is 0. The molecule has 0 saturated carbocycles. The maximum Gasteiger partial charge on any atom is 0.345 e. The van der Waals surface area contributed by atoms with Crippen LogP contribution in [-0.2, 0) is 4.74 Å². The van der Waals surface area contributed by atoms with E-state index in [9.17, 15) is 19.7 Å². The second-order valence-corrected chi connectivity index (χ2v) is 5.24. The Kier molecular flexibility index (Phi) is 5.31. The van der Waals surface area contributed by atoms with Crippen molar-refractivity contribution in [3.8, 4) is 0 Å². The van der Waals surface area contributed by atoms with Crippen LogP contribution in [0.25, 0.3) is 0 Å². The van der Waals surface area contributed by atoms with Crippen molar-refractivity contribution >= 4 is 40.6 Å². The van der Waals surface area contributed by atoms with Crippen LogP contribution in [-0.4, -0.2) is 23.3 Å². The van der Waals surface area contributed by atoms with Gasteiger partial charge in [-0.15, -0.1) is 0 Å². The van der Waals surface area contributed by atoms with Crippen molar-refractivity contribution < 1.29 is 19.2 Å². The van der Waals surface area contributed by atoms with Crippen molar-refractivity contribution in [1.29, 1.82) is 0 Å². The molecule has 0 atom stereocenters. The summed E-state index contributed by atoms with van der Waals surface area (Å²) in [4.78, 5) is 34.1. The fourth-order valence-electron chi connectivity index (χ4n) is 1.81. The Bertz CT molecular complexity index is 791. The first-order valence-electron chi connectivity index (χ1n) is 6.29. The number of Topliss-reactive ketones (excluding diaryl/α,β-unsaturated/α-hetero) is 1. The number of nitrogens with zero attached hydrogens (tertiary/aromatic N) is 1. The first-order chi connectivity index (χ1) is 10.9. The second-order valence-electron chi connectivity index (χ2n) is 4.40. The van der Waals surface area contributed by atoms with Crippen molar-refractivity contribution in [3.63, 3.8) is 0 Å². The molecule has 0 aromatic heterocycles. The average molecular weight is 354 g/mol. The molecule has 118 valence electrons. The molecule has 0 saturated heterocycles. The molecule has 0 spiro atoms. The van der Waals surface area contributed by atoms with E-state index in [1.165, 1.54) is 42.5 Å². The highest BCUT2D eigenvalue weighted by atomic mass is 35.5. The molecule has 0 bridgehead atoms. The third-order valence-corrected chi connectivity index (χ3v) is 3.43. The molecule has 6 nitrogen and oxygen atoms in total. The Balaban J connectivity index is 2.10. The number of benzene rings is 2.